The number of anilines is 1. The summed E-state index contributed by atoms with van der Waals surface area (Å²) in [4.78, 5) is 0.283. The molecule has 1 aromatic rings. The number of hydrogen-bond donors (Lipinski definition) is 1. The maximum Gasteiger partial charge on any atom is 0.175 e. The maximum absolute atomic E-state index is 11.5. The fourth-order valence-electron chi connectivity index (χ4n) is 1.88. The van der Waals surface area contributed by atoms with Crippen molar-refractivity contribution in [1.29, 1.82) is 0 Å². The number of nitrogens with one attached hydrogen (secondary N) is 1. The van der Waals surface area contributed by atoms with Gasteiger partial charge in [-0.2, -0.15) is 0 Å². The Morgan fingerprint density at radius 3 is 2.39 bits per heavy atom. The van der Waals surface area contributed by atoms with Crippen molar-refractivity contribution >= 4 is 27.1 Å². The smallest absolute Gasteiger partial charge is 0.175 e. The van der Waals surface area contributed by atoms with Crippen molar-refractivity contribution in [2.75, 3.05) is 11.6 Å². The number of halogens is 1. The molecule has 18 heavy (non-hydrogen) atoms. The second-order valence-electron chi connectivity index (χ2n) is 5.09. The van der Waals surface area contributed by atoms with E-state index in [9.17, 15) is 8.42 Å². The lowest BCUT2D eigenvalue weighted by Crippen LogP contribution is -2.17. The zero-order chi connectivity index (χ0) is 13.9. The molecule has 0 amide bonds. The molecule has 0 heterocycles. The number of benzene rings is 1. The molecule has 1 aromatic carbocycles. The minimum atomic E-state index is -3.20. The molecule has 0 saturated carbocycles. The Hall–Kier alpha value is -0.740. The van der Waals surface area contributed by atoms with Crippen LogP contribution in [-0.2, 0) is 9.84 Å². The summed E-state index contributed by atoms with van der Waals surface area (Å²) in [6.07, 6.45) is 2.19. The molecule has 5 heteroatoms. The Kier molecular flexibility index (Phi) is 5.05. The molecule has 0 spiro atoms. The summed E-state index contributed by atoms with van der Waals surface area (Å²) < 4.78 is 23.0. The standard InChI is InChI=1S/C13H20ClNO2S/c1-9(2)7-10(3)15-13-8-11(18(4,16)17)5-6-12(13)14/h5-6,8-10,15H,7H2,1-4H3. The molecule has 0 aliphatic rings. The molecule has 102 valence electrons. The molecular weight excluding hydrogens is 270 g/mol. The lowest BCUT2D eigenvalue weighted by molar-refractivity contribution is 0.539. The molecule has 0 aliphatic heterocycles. The second-order valence-corrected chi connectivity index (χ2v) is 7.51. The minimum Gasteiger partial charge on any atom is -0.381 e. The Morgan fingerprint density at radius 2 is 1.89 bits per heavy atom. The summed E-state index contributed by atoms with van der Waals surface area (Å²) in [5, 5.41) is 3.80. The summed E-state index contributed by atoms with van der Waals surface area (Å²) in [5.41, 5.74) is 0.674. The van der Waals surface area contributed by atoms with Crippen LogP contribution in [0.1, 0.15) is 27.2 Å². The third-order valence-electron chi connectivity index (χ3n) is 2.59. The molecule has 3 nitrogen and oxygen atoms in total. The first-order valence-electron chi connectivity index (χ1n) is 5.96. The molecule has 0 radical (unpaired) electrons. The Labute approximate surface area is 114 Å². The van der Waals surface area contributed by atoms with Crippen LogP contribution in [-0.4, -0.2) is 20.7 Å². The summed E-state index contributed by atoms with van der Waals surface area (Å²) >= 11 is 6.07. The van der Waals surface area contributed by atoms with Gasteiger partial charge in [0.15, 0.2) is 9.84 Å². The summed E-state index contributed by atoms with van der Waals surface area (Å²) in [7, 11) is -3.20. The van der Waals surface area contributed by atoms with Gasteiger partial charge in [0.2, 0.25) is 0 Å². The van der Waals surface area contributed by atoms with Crippen LogP contribution in [0.15, 0.2) is 23.1 Å². The third-order valence-corrected chi connectivity index (χ3v) is 4.03. The number of rotatable bonds is 5. The molecule has 1 atom stereocenters. The highest BCUT2D eigenvalue weighted by molar-refractivity contribution is 7.90. The van der Waals surface area contributed by atoms with E-state index in [1.54, 1.807) is 12.1 Å². The molecule has 1 unspecified atom stereocenters. The Bertz CT molecular complexity index is 512. The average Bonchev–Trinajstić information content (AvgIpc) is 2.18. The van der Waals surface area contributed by atoms with Crippen LogP contribution in [0.25, 0.3) is 0 Å². The molecule has 0 saturated heterocycles. The summed E-state index contributed by atoms with van der Waals surface area (Å²) in [5.74, 6) is 0.573. The predicted octanol–water partition coefficient (Wildman–Crippen LogP) is 3.59. The monoisotopic (exact) mass is 289 g/mol. The minimum absolute atomic E-state index is 0.248. The number of sulfone groups is 1. The van der Waals surface area contributed by atoms with E-state index in [1.807, 2.05) is 0 Å². The van der Waals surface area contributed by atoms with Crippen molar-refractivity contribution in [2.45, 2.75) is 38.1 Å². The van der Waals surface area contributed by atoms with E-state index in [2.05, 4.69) is 26.1 Å². The lowest BCUT2D eigenvalue weighted by Gasteiger charge is -2.18. The first-order valence-corrected chi connectivity index (χ1v) is 8.23. The summed E-state index contributed by atoms with van der Waals surface area (Å²) in [6.45, 7) is 6.35. The highest BCUT2D eigenvalue weighted by atomic mass is 35.5. The van der Waals surface area contributed by atoms with Crippen LogP contribution < -0.4 is 5.32 Å². The Morgan fingerprint density at radius 1 is 1.28 bits per heavy atom. The topological polar surface area (TPSA) is 46.2 Å². The van der Waals surface area contributed by atoms with E-state index in [0.29, 0.717) is 16.6 Å². The van der Waals surface area contributed by atoms with Crippen LogP contribution >= 0.6 is 11.6 Å². The van der Waals surface area contributed by atoms with Gasteiger partial charge in [0.1, 0.15) is 0 Å². The SMILES string of the molecule is CC(C)CC(C)Nc1cc(S(C)(=O)=O)ccc1Cl. The van der Waals surface area contributed by atoms with Crippen LogP contribution in [0.3, 0.4) is 0 Å². The second kappa shape index (κ2) is 5.93. The van der Waals surface area contributed by atoms with Crippen LogP contribution in [0, 0.1) is 5.92 Å². The highest BCUT2D eigenvalue weighted by Crippen LogP contribution is 2.26. The van der Waals surface area contributed by atoms with Gasteiger partial charge in [0.25, 0.3) is 0 Å². The van der Waals surface area contributed by atoms with Crippen molar-refractivity contribution in [3.8, 4) is 0 Å². The van der Waals surface area contributed by atoms with Crippen LogP contribution in [0.5, 0.6) is 0 Å². The number of hydrogen-bond acceptors (Lipinski definition) is 3. The molecule has 0 aromatic heterocycles. The van der Waals surface area contributed by atoms with E-state index in [-0.39, 0.29) is 10.9 Å². The van der Waals surface area contributed by atoms with Crippen molar-refractivity contribution < 1.29 is 8.42 Å². The van der Waals surface area contributed by atoms with Gasteiger partial charge in [-0.05, 0) is 37.5 Å². The van der Waals surface area contributed by atoms with E-state index in [0.717, 1.165) is 6.42 Å². The molecule has 0 aliphatic carbocycles. The van der Waals surface area contributed by atoms with E-state index in [1.165, 1.54) is 12.3 Å². The molecule has 1 N–H and O–H groups in total. The van der Waals surface area contributed by atoms with E-state index >= 15 is 0 Å². The lowest BCUT2D eigenvalue weighted by atomic mass is 10.1. The first-order chi connectivity index (χ1) is 8.20. The fraction of sp³-hybridized carbons (Fsp3) is 0.538. The van der Waals surface area contributed by atoms with E-state index in [4.69, 9.17) is 11.6 Å². The normalized spacial score (nSPS) is 13.7. The van der Waals surface area contributed by atoms with Gasteiger partial charge in [-0.15, -0.1) is 0 Å². The average molecular weight is 290 g/mol. The first kappa shape index (κ1) is 15.3. The van der Waals surface area contributed by atoms with Crippen LogP contribution in [0.4, 0.5) is 5.69 Å². The van der Waals surface area contributed by atoms with Gasteiger partial charge in [0, 0.05) is 12.3 Å². The van der Waals surface area contributed by atoms with Gasteiger partial charge < -0.3 is 5.32 Å². The highest BCUT2D eigenvalue weighted by Gasteiger charge is 2.12. The molecule has 1 rings (SSSR count). The van der Waals surface area contributed by atoms with Gasteiger partial charge in [-0.3, -0.25) is 0 Å². The van der Waals surface area contributed by atoms with Gasteiger partial charge >= 0.3 is 0 Å². The van der Waals surface area contributed by atoms with Crippen molar-refractivity contribution in [2.24, 2.45) is 5.92 Å². The molecular formula is C13H20ClNO2S. The zero-order valence-electron chi connectivity index (χ0n) is 11.2. The van der Waals surface area contributed by atoms with Crippen molar-refractivity contribution in [1.82, 2.24) is 0 Å². The largest absolute Gasteiger partial charge is 0.381 e. The zero-order valence-corrected chi connectivity index (χ0v) is 12.8. The third kappa shape index (κ3) is 4.50. The van der Waals surface area contributed by atoms with Gasteiger partial charge in [-0.25, -0.2) is 8.42 Å². The molecule has 0 bridgehead atoms. The summed E-state index contributed by atoms with van der Waals surface area (Å²) in [6, 6.07) is 4.98. The predicted molar refractivity (Wildman–Crippen MR) is 77.1 cm³/mol. The molecule has 0 fully saturated rings. The van der Waals surface area contributed by atoms with Gasteiger partial charge in [0.05, 0.1) is 15.6 Å². The van der Waals surface area contributed by atoms with Crippen molar-refractivity contribution in [3.63, 3.8) is 0 Å². The van der Waals surface area contributed by atoms with Crippen LogP contribution in [0.2, 0.25) is 5.02 Å². The maximum atomic E-state index is 11.5. The van der Waals surface area contributed by atoms with Gasteiger partial charge in [-0.1, -0.05) is 25.4 Å². The van der Waals surface area contributed by atoms with E-state index < -0.39 is 9.84 Å². The quantitative estimate of drug-likeness (QED) is 0.901. The Balaban J connectivity index is 2.95. The fourth-order valence-corrected chi connectivity index (χ4v) is 2.70. The van der Waals surface area contributed by atoms with Crippen molar-refractivity contribution in [3.05, 3.63) is 23.2 Å².